The summed E-state index contributed by atoms with van der Waals surface area (Å²) in [6, 6.07) is 13.6. The van der Waals surface area contributed by atoms with Crippen LogP contribution in [0.25, 0.3) is 10.8 Å². The number of fused-ring (bicyclic) bond motifs is 1. The molecule has 0 spiro atoms. The molecule has 0 saturated heterocycles. The number of carbonyl (C=O) groups excluding carboxylic acids is 2. The van der Waals surface area contributed by atoms with E-state index in [9.17, 15) is 14.4 Å². The summed E-state index contributed by atoms with van der Waals surface area (Å²) in [5.41, 5.74) is -0.161. The van der Waals surface area contributed by atoms with E-state index in [0.717, 1.165) is 16.3 Å². The number of hydrogen-bond acceptors (Lipinski definition) is 3. The Balaban J connectivity index is 1.86. The van der Waals surface area contributed by atoms with Crippen molar-refractivity contribution in [3.63, 3.8) is 0 Å². The van der Waals surface area contributed by atoms with Crippen LogP contribution in [-0.4, -0.2) is 36.0 Å². The van der Waals surface area contributed by atoms with Crippen LogP contribution < -0.4 is 10.6 Å². The van der Waals surface area contributed by atoms with Crippen LogP contribution in [0, 0.1) is 5.41 Å². The zero-order valence-corrected chi connectivity index (χ0v) is 14.3. The summed E-state index contributed by atoms with van der Waals surface area (Å²) < 4.78 is 0. The lowest BCUT2D eigenvalue weighted by atomic mass is 9.94. The molecule has 2 aromatic rings. The first-order chi connectivity index (χ1) is 11.8. The number of aliphatic carboxylic acids is 1. The highest BCUT2D eigenvalue weighted by Crippen LogP contribution is 2.18. The lowest BCUT2D eigenvalue weighted by Crippen LogP contribution is -2.43. The number of hydrogen-bond donors (Lipinski definition) is 3. The van der Waals surface area contributed by atoms with Gasteiger partial charge in [-0.2, -0.15) is 0 Å². The predicted octanol–water partition coefficient (Wildman–Crippen LogP) is 1.73. The van der Waals surface area contributed by atoms with Gasteiger partial charge in [0, 0.05) is 6.54 Å². The molecule has 0 aliphatic carbocycles. The summed E-state index contributed by atoms with van der Waals surface area (Å²) >= 11 is 0. The molecular formula is C19H22N2O4. The van der Waals surface area contributed by atoms with Crippen LogP contribution in [0.15, 0.2) is 42.5 Å². The maximum absolute atomic E-state index is 12.1. The SMILES string of the molecule is CC(C)(CNC(=O)CNC(=O)Cc1cccc2ccccc12)C(=O)O. The smallest absolute Gasteiger partial charge is 0.310 e. The zero-order valence-electron chi connectivity index (χ0n) is 14.3. The molecule has 0 saturated carbocycles. The van der Waals surface area contributed by atoms with Gasteiger partial charge in [0.1, 0.15) is 0 Å². The standard InChI is InChI=1S/C19H22N2O4/c1-19(2,18(24)25)12-21-17(23)11-20-16(22)10-14-8-5-7-13-6-3-4-9-15(13)14/h3-9H,10-12H2,1-2H3,(H,20,22)(H,21,23)(H,24,25). The summed E-state index contributed by atoms with van der Waals surface area (Å²) in [5.74, 6) is -1.67. The second-order valence-electron chi connectivity index (χ2n) is 6.56. The molecule has 3 N–H and O–H groups in total. The van der Waals surface area contributed by atoms with Crippen molar-refractivity contribution in [1.29, 1.82) is 0 Å². The Morgan fingerprint density at radius 3 is 2.36 bits per heavy atom. The first-order valence-electron chi connectivity index (χ1n) is 8.03. The van der Waals surface area contributed by atoms with Crippen molar-refractivity contribution in [2.45, 2.75) is 20.3 Å². The van der Waals surface area contributed by atoms with E-state index in [2.05, 4.69) is 10.6 Å². The molecule has 0 heterocycles. The van der Waals surface area contributed by atoms with E-state index in [4.69, 9.17) is 5.11 Å². The van der Waals surface area contributed by atoms with Gasteiger partial charge in [-0.05, 0) is 30.2 Å². The fourth-order valence-corrected chi connectivity index (χ4v) is 2.32. The van der Waals surface area contributed by atoms with Crippen LogP contribution in [0.1, 0.15) is 19.4 Å². The Morgan fingerprint density at radius 2 is 1.64 bits per heavy atom. The molecule has 0 fully saturated rings. The highest BCUT2D eigenvalue weighted by atomic mass is 16.4. The third-order valence-electron chi connectivity index (χ3n) is 3.98. The van der Waals surface area contributed by atoms with Crippen molar-refractivity contribution < 1.29 is 19.5 Å². The number of rotatable bonds is 7. The van der Waals surface area contributed by atoms with Gasteiger partial charge in [0.25, 0.3) is 0 Å². The molecule has 0 unspecified atom stereocenters. The second-order valence-corrected chi connectivity index (χ2v) is 6.56. The van der Waals surface area contributed by atoms with Crippen LogP contribution in [0.3, 0.4) is 0 Å². The summed E-state index contributed by atoms with van der Waals surface area (Å²) in [4.78, 5) is 34.8. The first kappa shape index (κ1) is 18.4. The largest absolute Gasteiger partial charge is 0.481 e. The third kappa shape index (κ3) is 5.04. The molecular weight excluding hydrogens is 320 g/mol. The van der Waals surface area contributed by atoms with Crippen molar-refractivity contribution >= 4 is 28.6 Å². The van der Waals surface area contributed by atoms with Gasteiger partial charge in [-0.3, -0.25) is 14.4 Å². The van der Waals surface area contributed by atoms with Crippen LogP contribution in [0.5, 0.6) is 0 Å². The summed E-state index contributed by atoms with van der Waals surface area (Å²) in [5, 5.41) is 16.1. The Kier molecular flexibility index (Phi) is 5.75. The minimum absolute atomic E-state index is 0.000357. The average molecular weight is 342 g/mol. The van der Waals surface area contributed by atoms with Crippen LogP contribution in [0.2, 0.25) is 0 Å². The lowest BCUT2D eigenvalue weighted by molar-refractivity contribution is -0.146. The molecule has 2 aromatic carbocycles. The van der Waals surface area contributed by atoms with Gasteiger partial charge < -0.3 is 15.7 Å². The topological polar surface area (TPSA) is 95.5 Å². The Hall–Kier alpha value is -2.89. The van der Waals surface area contributed by atoms with Crippen molar-refractivity contribution in [3.8, 4) is 0 Å². The van der Waals surface area contributed by atoms with Gasteiger partial charge in [-0.25, -0.2) is 0 Å². The Morgan fingerprint density at radius 1 is 0.960 bits per heavy atom. The number of carbonyl (C=O) groups is 3. The minimum atomic E-state index is -1.05. The third-order valence-corrected chi connectivity index (χ3v) is 3.98. The van der Waals surface area contributed by atoms with Gasteiger partial charge >= 0.3 is 5.97 Å². The second kappa shape index (κ2) is 7.79. The fraction of sp³-hybridized carbons (Fsp3) is 0.316. The van der Waals surface area contributed by atoms with E-state index in [1.165, 1.54) is 13.8 Å². The quantitative estimate of drug-likeness (QED) is 0.714. The highest BCUT2D eigenvalue weighted by Gasteiger charge is 2.27. The first-order valence-corrected chi connectivity index (χ1v) is 8.03. The van der Waals surface area contributed by atoms with Crippen molar-refractivity contribution in [2.24, 2.45) is 5.41 Å². The van der Waals surface area contributed by atoms with Gasteiger partial charge in [-0.1, -0.05) is 42.5 Å². The monoisotopic (exact) mass is 342 g/mol. The molecule has 0 radical (unpaired) electrons. The summed E-state index contributed by atoms with van der Waals surface area (Å²) in [6.45, 7) is 2.86. The molecule has 0 aliphatic heterocycles. The van der Waals surface area contributed by atoms with E-state index in [0.29, 0.717) is 0 Å². The van der Waals surface area contributed by atoms with Crippen LogP contribution in [0.4, 0.5) is 0 Å². The molecule has 0 aliphatic rings. The molecule has 0 bridgehead atoms. The zero-order chi connectivity index (χ0) is 18.4. The number of nitrogens with one attached hydrogen (secondary N) is 2. The van der Waals surface area contributed by atoms with Crippen molar-refractivity contribution in [1.82, 2.24) is 10.6 Å². The summed E-state index contributed by atoms with van der Waals surface area (Å²) in [6.07, 6.45) is 0.176. The average Bonchev–Trinajstić information content (AvgIpc) is 2.58. The van der Waals surface area contributed by atoms with Crippen LogP contribution in [-0.2, 0) is 20.8 Å². The maximum atomic E-state index is 12.1. The normalized spacial score (nSPS) is 11.1. The Labute approximate surface area is 146 Å². The van der Waals surface area contributed by atoms with Crippen molar-refractivity contribution in [2.75, 3.05) is 13.1 Å². The molecule has 132 valence electrons. The summed E-state index contributed by atoms with van der Waals surface area (Å²) in [7, 11) is 0. The van der Waals surface area contributed by atoms with Gasteiger partial charge in [0.15, 0.2) is 0 Å². The molecule has 2 amide bonds. The lowest BCUT2D eigenvalue weighted by Gasteiger charge is -2.19. The van der Waals surface area contributed by atoms with E-state index < -0.39 is 17.3 Å². The van der Waals surface area contributed by atoms with Gasteiger partial charge in [0.2, 0.25) is 11.8 Å². The number of carboxylic acid groups (broad SMARTS) is 1. The molecule has 6 heteroatoms. The van der Waals surface area contributed by atoms with Gasteiger partial charge in [-0.15, -0.1) is 0 Å². The fourth-order valence-electron chi connectivity index (χ4n) is 2.32. The van der Waals surface area contributed by atoms with Crippen molar-refractivity contribution in [3.05, 3.63) is 48.0 Å². The molecule has 0 atom stereocenters. The van der Waals surface area contributed by atoms with Gasteiger partial charge in [0.05, 0.1) is 18.4 Å². The molecule has 2 rings (SSSR count). The number of benzene rings is 2. The highest BCUT2D eigenvalue weighted by molar-refractivity contribution is 5.91. The minimum Gasteiger partial charge on any atom is -0.481 e. The molecule has 25 heavy (non-hydrogen) atoms. The molecule has 0 aromatic heterocycles. The number of carboxylic acids is 1. The predicted molar refractivity (Wildman–Crippen MR) is 95.1 cm³/mol. The van der Waals surface area contributed by atoms with Crippen LogP contribution >= 0.6 is 0 Å². The van der Waals surface area contributed by atoms with E-state index >= 15 is 0 Å². The maximum Gasteiger partial charge on any atom is 0.310 e. The van der Waals surface area contributed by atoms with E-state index in [-0.39, 0.29) is 25.4 Å². The van der Waals surface area contributed by atoms with E-state index in [1.54, 1.807) is 0 Å². The Bertz CT molecular complexity index is 794. The number of amides is 2. The molecule has 6 nitrogen and oxygen atoms in total. The van der Waals surface area contributed by atoms with E-state index in [1.807, 2.05) is 42.5 Å².